The molecule has 186 valence electrons. The summed E-state index contributed by atoms with van der Waals surface area (Å²) in [5.41, 5.74) is 3.23. The first-order valence-corrected chi connectivity index (χ1v) is 11.9. The number of halogens is 1. The SMILES string of the molecule is Cc1c(C)[n+](C)c(SCC(=O)NCC(=O)N2CCN(C(=O)OCc3ccccc3)CC2)n1C.[Br-]. The summed E-state index contributed by atoms with van der Waals surface area (Å²) in [6.07, 6.45) is -0.379. The van der Waals surface area contributed by atoms with Crippen molar-refractivity contribution in [3.05, 3.63) is 47.3 Å². The number of benzene rings is 1. The maximum atomic E-state index is 12.5. The highest BCUT2D eigenvalue weighted by Gasteiger charge is 2.26. The summed E-state index contributed by atoms with van der Waals surface area (Å²) in [5, 5.41) is 3.70. The normalized spacial score (nSPS) is 13.3. The van der Waals surface area contributed by atoms with Gasteiger partial charge in [0.15, 0.2) is 0 Å². The van der Waals surface area contributed by atoms with Crippen LogP contribution in [0.5, 0.6) is 0 Å². The number of piperazine rings is 1. The lowest BCUT2D eigenvalue weighted by atomic mass is 10.2. The van der Waals surface area contributed by atoms with Gasteiger partial charge in [-0.3, -0.25) is 9.59 Å². The summed E-state index contributed by atoms with van der Waals surface area (Å²) in [6.45, 7) is 5.92. The van der Waals surface area contributed by atoms with Crippen molar-refractivity contribution in [1.29, 1.82) is 0 Å². The van der Waals surface area contributed by atoms with Gasteiger partial charge in [0.05, 0.1) is 26.4 Å². The lowest BCUT2D eigenvalue weighted by Crippen LogP contribution is -3.00. The van der Waals surface area contributed by atoms with E-state index in [0.29, 0.717) is 26.2 Å². The first-order chi connectivity index (χ1) is 15.8. The number of carbonyl (C=O) groups is 3. The third kappa shape index (κ3) is 6.99. The van der Waals surface area contributed by atoms with Crippen LogP contribution in [0.3, 0.4) is 0 Å². The van der Waals surface area contributed by atoms with Crippen molar-refractivity contribution < 1.29 is 40.7 Å². The van der Waals surface area contributed by atoms with Gasteiger partial charge in [-0.15, -0.1) is 0 Å². The Balaban J connectivity index is 0.00000408. The van der Waals surface area contributed by atoms with Crippen molar-refractivity contribution in [2.75, 3.05) is 38.5 Å². The average molecular weight is 555 g/mol. The van der Waals surface area contributed by atoms with Crippen LogP contribution in [0.15, 0.2) is 35.5 Å². The zero-order valence-electron chi connectivity index (χ0n) is 20.0. The third-order valence-corrected chi connectivity index (χ3v) is 7.18. The van der Waals surface area contributed by atoms with Crippen molar-refractivity contribution >= 4 is 29.7 Å². The number of carbonyl (C=O) groups excluding carboxylic acids is 3. The summed E-state index contributed by atoms with van der Waals surface area (Å²) >= 11 is 1.44. The second-order valence-electron chi connectivity index (χ2n) is 8.04. The standard InChI is InChI=1S/C23H31N5O4S.BrH/c1-17-18(2)26(4)22(25(17)3)33-16-20(29)24-14-21(30)27-10-12-28(13-11-27)23(31)32-15-19-8-6-5-7-9-19;/h5-9H,10-16H2,1-4H3;1H. The molecule has 1 saturated heterocycles. The molecule has 1 aliphatic rings. The van der Waals surface area contributed by atoms with E-state index in [9.17, 15) is 14.4 Å². The summed E-state index contributed by atoms with van der Waals surface area (Å²) in [6, 6.07) is 9.51. The molecule has 0 bridgehead atoms. The van der Waals surface area contributed by atoms with Crippen LogP contribution in [-0.4, -0.2) is 70.8 Å². The number of hydrogen-bond acceptors (Lipinski definition) is 5. The van der Waals surface area contributed by atoms with Crippen LogP contribution in [0.2, 0.25) is 0 Å². The Kier molecular flexibility index (Phi) is 10.4. The average Bonchev–Trinajstić information content (AvgIpc) is 3.02. The fourth-order valence-electron chi connectivity index (χ4n) is 3.61. The van der Waals surface area contributed by atoms with E-state index in [1.165, 1.54) is 11.8 Å². The van der Waals surface area contributed by atoms with E-state index >= 15 is 0 Å². The Hall–Kier alpha value is -2.53. The summed E-state index contributed by atoms with van der Waals surface area (Å²) < 4.78 is 9.47. The van der Waals surface area contributed by atoms with Gasteiger partial charge < -0.3 is 36.8 Å². The molecule has 0 aliphatic carbocycles. The number of hydrogen-bond donors (Lipinski definition) is 1. The van der Waals surface area contributed by atoms with Crippen molar-refractivity contribution in [1.82, 2.24) is 19.7 Å². The van der Waals surface area contributed by atoms with Crippen LogP contribution >= 0.6 is 11.8 Å². The summed E-state index contributed by atoms with van der Waals surface area (Å²) in [7, 11) is 3.95. The molecule has 1 aromatic carbocycles. The molecule has 1 N–H and O–H groups in total. The Morgan fingerprint density at radius 3 is 2.26 bits per heavy atom. The summed E-state index contributed by atoms with van der Waals surface area (Å²) in [5.74, 6) is -0.103. The minimum absolute atomic E-state index is 0. The molecule has 0 saturated carbocycles. The molecule has 1 aliphatic heterocycles. The van der Waals surface area contributed by atoms with Crippen molar-refractivity contribution in [2.24, 2.45) is 14.1 Å². The number of rotatable bonds is 7. The molecule has 11 heteroatoms. The van der Waals surface area contributed by atoms with Gasteiger partial charge in [0.2, 0.25) is 11.8 Å². The molecular formula is C23H32BrN5O4S. The van der Waals surface area contributed by atoms with Gasteiger partial charge in [0.25, 0.3) is 0 Å². The molecule has 0 radical (unpaired) electrons. The van der Waals surface area contributed by atoms with Crippen LogP contribution in [0.4, 0.5) is 4.79 Å². The first-order valence-electron chi connectivity index (χ1n) is 10.9. The number of aromatic nitrogens is 2. The molecule has 2 aromatic rings. The molecular weight excluding hydrogens is 522 g/mol. The minimum Gasteiger partial charge on any atom is -1.00 e. The van der Waals surface area contributed by atoms with Crippen molar-refractivity contribution in [3.8, 4) is 0 Å². The number of nitrogens with one attached hydrogen (secondary N) is 1. The fourth-order valence-corrected chi connectivity index (χ4v) is 4.63. The maximum Gasteiger partial charge on any atom is 0.410 e. The van der Waals surface area contributed by atoms with E-state index in [0.717, 1.165) is 22.1 Å². The molecule has 9 nitrogen and oxygen atoms in total. The topological polar surface area (TPSA) is 87.8 Å². The predicted molar refractivity (Wildman–Crippen MR) is 125 cm³/mol. The lowest BCUT2D eigenvalue weighted by Gasteiger charge is -2.34. The third-order valence-electron chi connectivity index (χ3n) is 5.97. The Morgan fingerprint density at radius 2 is 1.68 bits per heavy atom. The van der Waals surface area contributed by atoms with Crippen molar-refractivity contribution in [3.63, 3.8) is 0 Å². The molecule has 0 spiro atoms. The number of nitrogens with zero attached hydrogens (tertiary/aromatic N) is 4. The van der Waals surface area contributed by atoms with E-state index in [-0.39, 0.29) is 53.8 Å². The Labute approximate surface area is 215 Å². The first kappa shape index (κ1) is 27.7. The number of amides is 3. The summed E-state index contributed by atoms with van der Waals surface area (Å²) in [4.78, 5) is 40.3. The van der Waals surface area contributed by atoms with Gasteiger partial charge in [-0.05, 0) is 17.3 Å². The van der Waals surface area contributed by atoms with Gasteiger partial charge in [-0.2, -0.15) is 0 Å². The van der Waals surface area contributed by atoms with E-state index in [1.807, 2.05) is 58.3 Å². The monoisotopic (exact) mass is 553 g/mol. The zero-order chi connectivity index (χ0) is 24.0. The second-order valence-corrected chi connectivity index (χ2v) is 8.99. The maximum absolute atomic E-state index is 12.5. The van der Waals surface area contributed by atoms with Crippen LogP contribution in [0.25, 0.3) is 0 Å². The van der Waals surface area contributed by atoms with E-state index in [4.69, 9.17) is 4.74 Å². The van der Waals surface area contributed by atoms with Gasteiger partial charge in [-0.1, -0.05) is 30.3 Å². The smallest absolute Gasteiger partial charge is 0.410 e. The van der Waals surface area contributed by atoms with Crippen molar-refractivity contribution in [2.45, 2.75) is 25.6 Å². The Bertz CT molecular complexity index is 981. The van der Waals surface area contributed by atoms with Gasteiger partial charge in [0.1, 0.15) is 18.0 Å². The molecule has 1 aromatic heterocycles. The van der Waals surface area contributed by atoms with Crippen LogP contribution in [0.1, 0.15) is 17.0 Å². The molecule has 2 heterocycles. The van der Waals surface area contributed by atoms with E-state index in [1.54, 1.807) is 9.80 Å². The molecule has 1 fully saturated rings. The largest absolute Gasteiger partial charge is 1.00 e. The minimum atomic E-state index is -0.379. The van der Waals surface area contributed by atoms with Gasteiger partial charge in [0, 0.05) is 40.0 Å². The number of ether oxygens (including phenoxy) is 1. The second kappa shape index (κ2) is 12.8. The highest BCUT2D eigenvalue weighted by molar-refractivity contribution is 7.99. The highest BCUT2D eigenvalue weighted by atomic mass is 79.9. The van der Waals surface area contributed by atoms with Crippen LogP contribution in [-0.2, 0) is 35.0 Å². The molecule has 34 heavy (non-hydrogen) atoms. The van der Waals surface area contributed by atoms with E-state index < -0.39 is 0 Å². The van der Waals surface area contributed by atoms with Crippen LogP contribution < -0.4 is 26.9 Å². The van der Waals surface area contributed by atoms with Gasteiger partial charge >= 0.3 is 11.2 Å². The number of imidazole rings is 1. The zero-order valence-corrected chi connectivity index (χ0v) is 22.4. The molecule has 0 unspecified atom stereocenters. The fraction of sp³-hybridized carbons (Fsp3) is 0.478. The highest BCUT2D eigenvalue weighted by Crippen LogP contribution is 2.17. The molecule has 3 rings (SSSR count). The lowest BCUT2D eigenvalue weighted by molar-refractivity contribution is -0.715. The van der Waals surface area contributed by atoms with E-state index in [2.05, 4.69) is 14.5 Å². The Morgan fingerprint density at radius 1 is 1.06 bits per heavy atom. The molecule has 0 atom stereocenters. The quantitative estimate of drug-likeness (QED) is 0.321. The molecule has 3 amide bonds. The van der Waals surface area contributed by atoms with Gasteiger partial charge in [-0.25, -0.2) is 13.9 Å². The van der Waals surface area contributed by atoms with Crippen LogP contribution in [0, 0.1) is 13.8 Å². The number of thioether (sulfide) groups is 1. The predicted octanol–water partition coefficient (Wildman–Crippen LogP) is -1.84.